The number of methoxy groups -OCH3 is 1. The van der Waals surface area contributed by atoms with Crippen LogP contribution in [-0.2, 0) is 4.79 Å². The second-order valence-electron chi connectivity index (χ2n) is 5.44. The lowest BCUT2D eigenvalue weighted by molar-refractivity contribution is -0.144. The minimum absolute atomic E-state index is 0.169. The molecular formula is C19H16O6. The molecule has 1 atom stereocenters. The van der Waals surface area contributed by atoms with E-state index in [1.54, 1.807) is 31.4 Å². The predicted molar refractivity (Wildman–Crippen MR) is 90.1 cm³/mol. The van der Waals surface area contributed by atoms with Crippen molar-refractivity contribution in [1.29, 1.82) is 0 Å². The Kier molecular flexibility index (Phi) is 4.43. The first-order valence-electron chi connectivity index (χ1n) is 7.60. The monoisotopic (exact) mass is 340 g/mol. The van der Waals surface area contributed by atoms with Gasteiger partial charge in [0.15, 0.2) is 11.9 Å². The quantitative estimate of drug-likeness (QED) is 0.842. The maximum atomic E-state index is 12.5. The summed E-state index contributed by atoms with van der Waals surface area (Å²) in [6.45, 7) is 1.43. The van der Waals surface area contributed by atoms with Crippen LogP contribution in [0.15, 0.2) is 48.2 Å². The number of fused-ring (bicyclic) bond motifs is 1. The molecule has 0 aliphatic carbocycles. The Morgan fingerprint density at radius 3 is 2.72 bits per heavy atom. The largest absolute Gasteiger partial charge is 0.496 e. The van der Waals surface area contributed by atoms with E-state index in [-0.39, 0.29) is 11.5 Å². The van der Waals surface area contributed by atoms with Crippen molar-refractivity contribution in [2.24, 2.45) is 0 Å². The van der Waals surface area contributed by atoms with Crippen LogP contribution in [0.5, 0.6) is 17.2 Å². The molecule has 1 aliphatic rings. The van der Waals surface area contributed by atoms with E-state index < -0.39 is 12.1 Å². The summed E-state index contributed by atoms with van der Waals surface area (Å²) >= 11 is 0. The number of rotatable bonds is 5. The summed E-state index contributed by atoms with van der Waals surface area (Å²) in [6, 6.07) is 11.9. The van der Waals surface area contributed by atoms with Crippen molar-refractivity contribution in [2.45, 2.75) is 13.0 Å². The van der Waals surface area contributed by atoms with Crippen LogP contribution < -0.4 is 14.2 Å². The zero-order valence-electron chi connectivity index (χ0n) is 13.7. The van der Waals surface area contributed by atoms with E-state index in [0.717, 1.165) is 5.56 Å². The van der Waals surface area contributed by atoms with Gasteiger partial charge in [0, 0.05) is 11.6 Å². The maximum absolute atomic E-state index is 12.5. The first kappa shape index (κ1) is 16.6. The molecule has 6 heteroatoms. The Balaban J connectivity index is 1.88. The molecule has 6 nitrogen and oxygen atoms in total. The van der Waals surface area contributed by atoms with E-state index in [9.17, 15) is 9.59 Å². The van der Waals surface area contributed by atoms with Crippen molar-refractivity contribution in [3.05, 3.63) is 59.4 Å². The lowest BCUT2D eigenvalue weighted by Crippen LogP contribution is -2.22. The van der Waals surface area contributed by atoms with E-state index in [0.29, 0.717) is 22.8 Å². The van der Waals surface area contributed by atoms with Crippen LogP contribution >= 0.6 is 0 Å². The average Bonchev–Trinajstić information content (AvgIpc) is 2.90. The Bertz CT molecular complexity index is 868. The predicted octanol–water partition coefficient (Wildman–Crippen LogP) is 3.16. The van der Waals surface area contributed by atoms with Crippen LogP contribution in [0.4, 0.5) is 0 Å². The second kappa shape index (κ2) is 6.68. The minimum atomic E-state index is -1.07. The van der Waals surface area contributed by atoms with Crippen LogP contribution in [0.3, 0.4) is 0 Å². The number of ketones is 1. The van der Waals surface area contributed by atoms with Gasteiger partial charge in [0.05, 0.1) is 12.7 Å². The summed E-state index contributed by atoms with van der Waals surface area (Å²) in [4.78, 5) is 23.3. The van der Waals surface area contributed by atoms with Crippen LogP contribution in [0.2, 0.25) is 0 Å². The molecule has 0 fully saturated rings. The number of carbonyl (C=O) groups excluding carboxylic acids is 1. The molecule has 2 aromatic carbocycles. The van der Waals surface area contributed by atoms with Crippen LogP contribution in [0, 0.1) is 0 Å². The number of Topliss-reactive ketones (excluding diaryl/α,β-unsaturated/α-hetero) is 1. The molecule has 0 bridgehead atoms. The maximum Gasteiger partial charge on any atom is 0.344 e. The zero-order valence-corrected chi connectivity index (χ0v) is 13.7. The summed E-state index contributed by atoms with van der Waals surface area (Å²) in [5.74, 6) is 0.124. The van der Waals surface area contributed by atoms with Gasteiger partial charge in [-0.2, -0.15) is 0 Å². The SMILES string of the molecule is COc1ccccc1C=C1Oc2cc(O[C@@H](C)C(=O)O)ccc2C1=O. The fourth-order valence-corrected chi connectivity index (χ4v) is 2.42. The van der Waals surface area contributed by atoms with Crippen LogP contribution in [0.25, 0.3) is 6.08 Å². The van der Waals surface area contributed by atoms with E-state index in [4.69, 9.17) is 19.3 Å². The van der Waals surface area contributed by atoms with Gasteiger partial charge in [-0.1, -0.05) is 18.2 Å². The summed E-state index contributed by atoms with van der Waals surface area (Å²) in [6.07, 6.45) is 0.612. The van der Waals surface area contributed by atoms with Gasteiger partial charge in [-0.05, 0) is 31.2 Å². The van der Waals surface area contributed by atoms with E-state index >= 15 is 0 Å². The smallest absolute Gasteiger partial charge is 0.344 e. The molecule has 1 aliphatic heterocycles. The minimum Gasteiger partial charge on any atom is -0.496 e. The highest BCUT2D eigenvalue weighted by Crippen LogP contribution is 2.35. The number of carboxylic acids is 1. The van der Waals surface area contributed by atoms with Gasteiger partial charge in [-0.15, -0.1) is 0 Å². The first-order chi connectivity index (χ1) is 12.0. The van der Waals surface area contributed by atoms with Crippen LogP contribution in [-0.4, -0.2) is 30.1 Å². The molecular weight excluding hydrogens is 324 g/mol. The number of ether oxygens (including phenoxy) is 3. The number of allylic oxidation sites excluding steroid dienone is 1. The van der Waals surface area contributed by atoms with E-state index in [1.807, 2.05) is 18.2 Å². The number of carboxylic acid groups (broad SMARTS) is 1. The fourth-order valence-electron chi connectivity index (χ4n) is 2.42. The molecule has 1 N–H and O–H groups in total. The van der Waals surface area contributed by atoms with Gasteiger partial charge in [0.2, 0.25) is 5.78 Å². The summed E-state index contributed by atoms with van der Waals surface area (Å²) in [5.41, 5.74) is 1.12. The molecule has 0 radical (unpaired) electrons. The molecule has 0 saturated carbocycles. The van der Waals surface area contributed by atoms with Crippen molar-refractivity contribution in [2.75, 3.05) is 7.11 Å². The third-order valence-corrected chi connectivity index (χ3v) is 3.73. The fraction of sp³-hybridized carbons (Fsp3) is 0.158. The van der Waals surface area contributed by atoms with Crippen molar-refractivity contribution < 1.29 is 28.9 Å². The summed E-state index contributed by atoms with van der Waals surface area (Å²) in [7, 11) is 1.55. The van der Waals surface area contributed by atoms with Crippen molar-refractivity contribution >= 4 is 17.8 Å². The molecule has 128 valence electrons. The normalized spacial score (nSPS) is 15.4. The molecule has 0 amide bonds. The molecule has 0 unspecified atom stereocenters. The Morgan fingerprint density at radius 1 is 1.24 bits per heavy atom. The first-order valence-corrected chi connectivity index (χ1v) is 7.60. The Hall–Kier alpha value is -3.28. The number of aliphatic carboxylic acids is 1. The highest BCUT2D eigenvalue weighted by atomic mass is 16.5. The Morgan fingerprint density at radius 2 is 2.00 bits per heavy atom. The lowest BCUT2D eigenvalue weighted by Gasteiger charge is -2.10. The lowest BCUT2D eigenvalue weighted by atomic mass is 10.1. The van der Waals surface area contributed by atoms with E-state index in [1.165, 1.54) is 13.0 Å². The van der Waals surface area contributed by atoms with Crippen molar-refractivity contribution in [3.63, 3.8) is 0 Å². The number of carbonyl (C=O) groups is 2. The molecule has 2 aromatic rings. The molecule has 3 rings (SSSR count). The van der Waals surface area contributed by atoms with Crippen LogP contribution in [0.1, 0.15) is 22.8 Å². The van der Waals surface area contributed by atoms with Crippen molar-refractivity contribution in [3.8, 4) is 17.2 Å². The second-order valence-corrected chi connectivity index (χ2v) is 5.44. The molecule has 0 spiro atoms. The Labute approximate surface area is 144 Å². The third-order valence-electron chi connectivity index (χ3n) is 3.73. The number of hydrogen-bond acceptors (Lipinski definition) is 5. The topological polar surface area (TPSA) is 82.1 Å². The molecule has 0 aromatic heterocycles. The summed E-state index contributed by atoms with van der Waals surface area (Å²) < 4.78 is 16.2. The van der Waals surface area contributed by atoms with Gasteiger partial charge in [0.1, 0.15) is 17.2 Å². The highest BCUT2D eigenvalue weighted by molar-refractivity contribution is 6.14. The highest BCUT2D eigenvalue weighted by Gasteiger charge is 2.28. The van der Waals surface area contributed by atoms with Crippen molar-refractivity contribution in [1.82, 2.24) is 0 Å². The number of hydrogen-bond donors (Lipinski definition) is 1. The van der Waals surface area contributed by atoms with Gasteiger partial charge in [-0.3, -0.25) is 4.79 Å². The summed E-state index contributed by atoms with van der Waals surface area (Å²) in [5, 5.41) is 8.90. The molecule has 1 heterocycles. The van der Waals surface area contributed by atoms with Gasteiger partial charge < -0.3 is 19.3 Å². The number of benzene rings is 2. The van der Waals surface area contributed by atoms with Gasteiger partial charge >= 0.3 is 5.97 Å². The third kappa shape index (κ3) is 3.33. The van der Waals surface area contributed by atoms with Gasteiger partial charge in [-0.25, -0.2) is 4.79 Å². The standard InChI is InChI=1S/C19H16O6/c1-11(19(21)22)24-13-7-8-14-16(10-13)25-17(18(14)20)9-12-5-3-4-6-15(12)23-2/h3-11H,1-2H3,(H,21,22)/t11-/m0/s1. The zero-order chi connectivity index (χ0) is 18.0. The average molecular weight is 340 g/mol. The van der Waals surface area contributed by atoms with Gasteiger partial charge in [0.25, 0.3) is 0 Å². The van der Waals surface area contributed by atoms with E-state index in [2.05, 4.69) is 0 Å². The molecule has 0 saturated heterocycles. The number of para-hydroxylation sites is 1. The molecule has 25 heavy (non-hydrogen) atoms.